The van der Waals surface area contributed by atoms with Crippen LogP contribution >= 0.6 is 0 Å². The number of nitrogens with one attached hydrogen (secondary N) is 2. The van der Waals surface area contributed by atoms with Crippen LogP contribution in [0.15, 0.2) is 30.0 Å². The molecule has 0 aliphatic carbocycles. The molecule has 0 spiro atoms. The summed E-state index contributed by atoms with van der Waals surface area (Å²) in [5.41, 5.74) is 2.69. The third-order valence-corrected chi connectivity index (χ3v) is 2.88. The third kappa shape index (κ3) is 4.41. The van der Waals surface area contributed by atoms with Crippen molar-refractivity contribution in [2.24, 2.45) is 0 Å². The molecule has 1 unspecified atom stereocenters. The molecule has 1 rings (SSSR count). The van der Waals surface area contributed by atoms with E-state index >= 15 is 0 Å². The zero-order valence-electron chi connectivity index (χ0n) is 11.9. The first-order chi connectivity index (χ1) is 9.45. The summed E-state index contributed by atoms with van der Waals surface area (Å²) in [5.74, 6) is -0.473. The van der Waals surface area contributed by atoms with E-state index in [4.69, 9.17) is 10.4 Å². The number of carbonyl (C=O) groups excluding carboxylic acids is 1. The van der Waals surface area contributed by atoms with Crippen LogP contribution in [0.4, 0.5) is 5.69 Å². The van der Waals surface area contributed by atoms with Gasteiger partial charge in [0, 0.05) is 18.4 Å². The SMILES string of the molecule is Cc1cccc(NC(=O)/C(C#N)=C\NCC(C)O)c1C. The van der Waals surface area contributed by atoms with Crippen molar-refractivity contribution >= 4 is 11.6 Å². The van der Waals surface area contributed by atoms with Crippen LogP contribution in [0.5, 0.6) is 0 Å². The van der Waals surface area contributed by atoms with Crippen LogP contribution in [0, 0.1) is 25.2 Å². The van der Waals surface area contributed by atoms with E-state index in [0.717, 1.165) is 11.1 Å². The number of aliphatic hydroxyl groups excluding tert-OH is 1. The highest BCUT2D eigenvalue weighted by Gasteiger charge is 2.11. The highest BCUT2D eigenvalue weighted by Crippen LogP contribution is 2.18. The number of rotatable bonds is 5. The van der Waals surface area contributed by atoms with Crippen LogP contribution in [0.3, 0.4) is 0 Å². The number of hydrogen-bond donors (Lipinski definition) is 3. The molecule has 0 saturated carbocycles. The summed E-state index contributed by atoms with van der Waals surface area (Å²) in [4.78, 5) is 12.0. The quantitative estimate of drug-likeness (QED) is 0.562. The van der Waals surface area contributed by atoms with Crippen LogP contribution in [-0.2, 0) is 4.79 Å². The summed E-state index contributed by atoms with van der Waals surface area (Å²) in [6, 6.07) is 7.43. The summed E-state index contributed by atoms with van der Waals surface area (Å²) in [6.45, 7) is 5.76. The number of aliphatic hydroxyl groups is 1. The zero-order chi connectivity index (χ0) is 15.1. The molecule has 0 saturated heterocycles. The van der Waals surface area contributed by atoms with Crippen LogP contribution < -0.4 is 10.6 Å². The fourth-order valence-electron chi connectivity index (χ4n) is 1.56. The Balaban J connectivity index is 2.78. The van der Waals surface area contributed by atoms with E-state index < -0.39 is 12.0 Å². The monoisotopic (exact) mass is 273 g/mol. The summed E-state index contributed by atoms with van der Waals surface area (Å²) in [7, 11) is 0. The van der Waals surface area contributed by atoms with Gasteiger partial charge in [-0.15, -0.1) is 0 Å². The average Bonchev–Trinajstić information content (AvgIpc) is 2.39. The molecular formula is C15H19N3O2. The Morgan fingerprint density at radius 2 is 2.20 bits per heavy atom. The average molecular weight is 273 g/mol. The van der Waals surface area contributed by atoms with E-state index in [0.29, 0.717) is 5.69 Å². The van der Waals surface area contributed by atoms with Crippen LogP contribution in [0.2, 0.25) is 0 Å². The molecule has 0 heterocycles. The molecule has 5 heteroatoms. The molecule has 0 fully saturated rings. The molecule has 0 bridgehead atoms. The Hall–Kier alpha value is -2.32. The van der Waals surface area contributed by atoms with Gasteiger partial charge in [0.15, 0.2) is 0 Å². The minimum atomic E-state index is -0.548. The molecule has 5 nitrogen and oxygen atoms in total. The van der Waals surface area contributed by atoms with Crippen molar-refractivity contribution in [3.05, 3.63) is 41.1 Å². The van der Waals surface area contributed by atoms with Crippen LogP contribution in [0.25, 0.3) is 0 Å². The van der Waals surface area contributed by atoms with E-state index in [-0.39, 0.29) is 12.1 Å². The van der Waals surface area contributed by atoms with Crippen molar-refractivity contribution in [1.29, 1.82) is 5.26 Å². The Morgan fingerprint density at radius 3 is 2.80 bits per heavy atom. The van der Waals surface area contributed by atoms with E-state index in [9.17, 15) is 4.79 Å². The van der Waals surface area contributed by atoms with E-state index in [2.05, 4.69) is 10.6 Å². The number of aryl methyl sites for hydroxylation is 1. The lowest BCUT2D eigenvalue weighted by atomic mass is 10.1. The van der Waals surface area contributed by atoms with Gasteiger partial charge in [-0.25, -0.2) is 0 Å². The second-order valence-corrected chi connectivity index (χ2v) is 4.63. The third-order valence-electron chi connectivity index (χ3n) is 2.88. The molecule has 1 aromatic rings. The van der Waals surface area contributed by atoms with Gasteiger partial charge < -0.3 is 15.7 Å². The summed E-state index contributed by atoms with van der Waals surface area (Å²) >= 11 is 0. The fraction of sp³-hybridized carbons (Fsp3) is 0.333. The lowest BCUT2D eigenvalue weighted by Gasteiger charge is -2.10. The predicted octanol–water partition coefficient (Wildman–Crippen LogP) is 1.62. The Bertz CT molecular complexity index is 557. The first-order valence-electron chi connectivity index (χ1n) is 6.35. The number of anilines is 1. The van der Waals surface area contributed by atoms with Crippen molar-refractivity contribution in [2.45, 2.75) is 26.9 Å². The standard InChI is InChI=1S/C15H19N3O2/c1-10-5-4-6-14(12(10)3)18-15(20)13(7-16)9-17-8-11(2)19/h4-6,9,11,17,19H,8H2,1-3H3,(H,18,20)/b13-9-. The molecule has 20 heavy (non-hydrogen) atoms. The maximum Gasteiger partial charge on any atom is 0.267 e. The van der Waals surface area contributed by atoms with Gasteiger partial charge in [0.05, 0.1) is 6.10 Å². The largest absolute Gasteiger partial charge is 0.392 e. The number of carbonyl (C=O) groups is 1. The van der Waals surface area contributed by atoms with E-state index in [1.54, 1.807) is 13.0 Å². The second-order valence-electron chi connectivity index (χ2n) is 4.63. The number of nitriles is 1. The smallest absolute Gasteiger partial charge is 0.267 e. The lowest BCUT2D eigenvalue weighted by molar-refractivity contribution is -0.112. The van der Waals surface area contributed by atoms with Gasteiger partial charge in [0.25, 0.3) is 5.91 Å². The van der Waals surface area contributed by atoms with Crippen molar-refractivity contribution in [3.8, 4) is 6.07 Å². The van der Waals surface area contributed by atoms with Crippen molar-refractivity contribution in [1.82, 2.24) is 5.32 Å². The first-order valence-corrected chi connectivity index (χ1v) is 6.35. The maximum atomic E-state index is 12.0. The molecule has 0 aliphatic heterocycles. The van der Waals surface area contributed by atoms with Crippen molar-refractivity contribution in [3.63, 3.8) is 0 Å². The van der Waals surface area contributed by atoms with Crippen LogP contribution in [-0.4, -0.2) is 23.7 Å². The number of amides is 1. The molecule has 1 atom stereocenters. The number of hydrogen-bond acceptors (Lipinski definition) is 4. The zero-order valence-corrected chi connectivity index (χ0v) is 11.9. The van der Waals surface area contributed by atoms with Gasteiger partial charge in [-0.3, -0.25) is 4.79 Å². The van der Waals surface area contributed by atoms with Crippen molar-refractivity contribution in [2.75, 3.05) is 11.9 Å². The van der Waals surface area contributed by atoms with Crippen LogP contribution in [0.1, 0.15) is 18.1 Å². The molecule has 0 aliphatic rings. The lowest BCUT2D eigenvalue weighted by Crippen LogP contribution is -2.22. The number of benzene rings is 1. The Labute approximate surface area is 118 Å². The van der Waals surface area contributed by atoms with Gasteiger partial charge in [-0.05, 0) is 38.0 Å². The summed E-state index contributed by atoms with van der Waals surface area (Å²) < 4.78 is 0. The topological polar surface area (TPSA) is 85.2 Å². The predicted molar refractivity (Wildman–Crippen MR) is 77.9 cm³/mol. The first kappa shape index (κ1) is 15.7. The molecule has 0 radical (unpaired) electrons. The Kier molecular flexibility index (Phi) is 5.75. The molecule has 1 amide bonds. The molecule has 106 valence electrons. The van der Waals surface area contributed by atoms with Gasteiger partial charge in [-0.1, -0.05) is 12.1 Å². The van der Waals surface area contributed by atoms with Gasteiger partial charge in [-0.2, -0.15) is 5.26 Å². The fourth-order valence-corrected chi connectivity index (χ4v) is 1.56. The van der Waals surface area contributed by atoms with E-state index in [1.807, 2.05) is 32.0 Å². The molecule has 0 aromatic heterocycles. The normalized spacial score (nSPS) is 12.4. The van der Waals surface area contributed by atoms with E-state index in [1.165, 1.54) is 6.20 Å². The van der Waals surface area contributed by atoms with Gasteiger partial charge in [0.2, 0.25) is 0 Å². The highest BCUT2D eigenvalue weighted by atomic mass is 16.3. The molecule has 1 aromatic carbocycles. The second kappa shape index (κ2) is 7.31. The van der Waals surface area contributed by atoms with Gasteiger partial charge in [0.1, 0.15) is 11.6 Å². The minimum Gasteiger partial charge on any atom is -0.392 e. The van der Waals surface area contributed by atoms with Gasteiger partial charge >= 0.3 is 0 Å². The summed E-state index contributed by atoms with van der Waals surface area (Å²) in [6.07, 6.45) is 0.765. The summed E-state index contributed by atoms with van der Waals surface area (Å²) in [5, 5.41) is 23.5. The maximum absolute atomic E-state index is 12.0. The molecular weight excluding hydrogens is 254 g/mol. The Morgan fingerprint density at radius 1 is 1.50 bits per heavy atom. The number of nitrogens with zero attached hydrogens (tertiary/aromatic N) is 1. The molecule has 3 N–H and O–H groups in total. The highest BCUT2D eigenvalue weighted by molar-refractivity contribution is 6.06. The minimum absolute atomic E-state index is 0.0356. The van der Waals surface area contributed by atoms with Crippen molar-refractivity contribution < 1.29 is 9.90 Å².